The summed E-state index contributed by atoms with van der Waals surface area (Å²) in [6.07, 6.45) is 0. The average Bonchev–Trinajstić information content (AvgIpc) is 2.44. The van der Waals surface area contributed by atoms with Crippen LogP contribution in [0.4, 0.5) is 0 Å². The molecule has 0 radical (unpaired) electrons. The van der Waals surface area contributed by atoms with Gasteiger partial charge >= 0.3 is 0 Å². The Morgan fingerprint density at radius 3 is 2.29 bits per heavy atom. The zero-order valence-corrected chi connectivity index (χ0v) is 13.6. The maximum Gasteiger partial charge on any atom is 0.256 e. The van der Waals surface area contributed by atoms with Gasteiger partial charge in [0.2, 0.25) is 0 Å². The Bertz CT molecular complexity index is 520. The van der Waals surface area contributed by atoms with E-state index in [-0.39, 0.29) is 18.9 Å². The predicted octanol–water partition coefficient (Wildman–Crippen LogP) is 2.43. The molecule has 0 spiro atoms. The summed E-state index contributed by atoms with van der Waals surface area (Å²) in [5.74, 6) is 0.456. The monoisotopic (exact) mass is 333 g/mol. The van der Waals surface area contributed by atoms with Crippen molar-refractivity contribution >= 4 is 34.9 Å². The van der Waals surface area contributed by atoms with E-state index in [1.54, 1.807) is 18.2 Å². The molecule has 0 aromatic heterocycles. The number of hydrogen-bond donors (Lipinski definition) is 0. The lowest BCUT2D eigenvalue weighted by atomic mass is 10.2. The number of alkyl halides is 2. The zero-order chi connectivity index (χ0) is 16.0. The molecule has 0 heterocycles. The van der Waals surface area contributed by atoms with Crippen molar-refractivity contribution in [3.63, 3.8) is 0 Å². The SMILES string of the molecule is COc1ccc(CN(CC(C)=O)C(=O)C(Cl)Cl)cc1OC. The summed E-state index contributed by atoms with van der Waals surface area (Å²) < 4.78 is 10.3. The Morgan fingerprint density at radius 2 is 1.81 bits per heavy atom. The Hall–Kier alpha value is -1.46. The van der Waals surface area contributed by atoms with Crippen molar-refractivity contribution < 1.29 is 19.1 Å². The van der Waals surface area contributed by atoms with Gasteiger partial charge in [-0.15, -0.1) is 0 Å². The van der Waals surface area contributed by atoms with Gasteiger partial charge in [-0.2, -0.15) is 0 Å². The molecule has 1 aromatic carbocycles. The number of rotatable bonds is 7. The topological polar surface area (TPSA) is 55.8 Å². The first-order valence-corrected chi connectivity index (χ1v) is 7.03. The van der Waals surface area contributed by atoms with Crippen molar-refractivity contribution in [3.8, 4) is 11.5 Å². The molecule has 0 saturated carbocycles. The van der Waals surface area contributed by atoms with Crippen LogP contribution in [0.1, 0.15) is 12.5 Å². The number of halogens is 2. The van der Waals surface area contributed by atoms with Gasteiger partial charge in [-0.1, -0.05) is 29.3 Å². The van der Waals surface area contributed by atoms with Crippen molar-refractivity contribution in [2.45, 2.75) is 18.3 Å². The van der Waals surface area contributed by atoms with Crippen LogP contribution in [-0.4, -0.2) is 42.2 Å². The van der Waals surface area contributed by atoms with Gasteiger partial charge in [0.25, 0.3) is 5.91 Å². The number of ketones is 1. The molecule has 0 unspecified atom stereocenters. The van der Waals surface area contributed by atoms with Crippen LogP contribution in [0.3, 0.4) is 0 Å². The van der Waals surface area contributed by atoms with E-state index in [0.29, 0.717) is 11.5 Å². The Morgan fingerprint density at radius 1 is 1.19 bits per heavy atom. The molecule has 0 fully saturated rings. The molecule has 0 N–H and O–H groups in total. The first kappa shape index (κ1) is 17.6. The number of carbonyl (C=O) groups excluding carboxylic acids is 2. The van der Waals surface area contributed by atoms with Crippen LogP contribution in [-0.2, 0) is 16.1 Å². The molecule has 116 valence electrons. The Kier molecular flexibility index (Phi) is 6.78. The number of Topliss-reactive ketones (excluding diaryl/α,β-unsaturated/α-hetero) is 1. The summed E-state index contributed by atoms with van der Waals surface area (Å²) in [5.41, 5.74) is 0.774. The third kappa shape index (κ3) is 5.10. The zero-order valence-electron chi connectivity index (χ0n) is 12.1. The molecule has 0 bridgehead atoms. The lowest BCUT2D eigenvalue weighted by Crippen LogP contribution is -2.37. The lowest BCUT2D eigenvalue weighted by molar-refractivity contribution is -0.134. The van der Waals surface area contributed by atoms with E-state index in [2.05, 4.69) is 0 Å². The highest BCUT2D eigenvalue weighted by Gasteiger charge is 2.22. The van der Waals surface area contributed by atoms with Crippen LogP contribution in [0, 0.1) is 0 Å². The number of methoxy groups -OCH3 is 2. The second kappa shape index (κ2) is 8.10. The first-order valence-electron chi connectivity index (χ1n) is 6.16. The van der Waals surface area contributed by atoms with Crippen LogP contribution in [0.5, 0.6) is 11.5 Å². The standard InChI is InChI=1S/C14H17Cl2NO4/c1-9(18)7-17(14(19)13(15)16)8-10-4-5-11(20-2)12(6-10)21-3/h4-6,13H,7-8H2,1-3H3. The maximum absolute atomic E-state index is 11.9. The van der Waals surface area contributed by atoms with Gasteiger partial charge in [0.1, 0.15) is 5.78 Å². The molecule has 7 heteroatoms. The van der Waals surface area contributed by atoms with Crippen molar-refractivity contribution in [2.24, 2.45) is 0 Å². The molecule has 0 saturated heterocycles. The van der Waals surface area contributed by atoms with Crippen LogP contribution < -0.4 is 9.47 Å². The van der Waals surface area contributed by atoms with E-state index in [9.17, 15) is 9.59 Å². The average molecular weight is 334 g/mol. The van der Waals surface area contributed by atoms with E-state index in [0.717, 1.165) is 5.56 Å². The normalized spacial score (nSPS) is 10.4. The molecule has 1 aromatic rings. The molecule has 0 atom stereocenters. The number of ether oxygens (including phenoxy) is 2. The Labute approximate surface area is 133 Å². The fourth-order valence-electron chi connectivity index (χ4n) is 1.82. The Balaban J connectivity index is 2.97. The van der Waals surface area contributed by atoms with Gasteiger partial charge in [-0.05, 0) is 24.6 Å². The minimum absolute atomic E-state index is 0.0525. The number of amides is 1. The van der Waals surface area contributed by atoms with Crippen LogP contribution >= 0.6 is 23.2 Å². The lowest BCUT2D eigenvalue weighted by Gasteiger charge is -2.22. The minimum atomic E-state index is -1.20. The molecular formula is C14H17Cl2NO4. The number of carbonyl (C=O) groups is 2. The van der Waals surface area contributed by atoms with Gasteiger partial charge in [-0.3, -0.25) is 9.59 Å². The summed E-state index contributed by atoms with van der Waals surface area (Å²) in [7, 11) is 3.06. The first-order chi connectivity index (χ1) is 9.88. The largest absolute Gasteiger partial charge is 0.493 e. The molecular weight excluding hydrogens is 317 g/mol. The van der Waals surface area contributed by atoms with E-state index >= 15 is 0 Å². The summed E-state index contributed by atoms with van der Waals surface area (Å²) in [5, 5.41) is 0. The van der Waals surface area contributed by atoms with E-state index < -0.39 is 10.7 Å². The van der Waals surface area contributed by atoms with Crippen LogP contribution in [0.2, 0.25) is 0 Å². The minimum Gasteiger partial charge on any atom is -0.493 e. The fraction of sp³-hybridized carbons (Fsp3) is 0.429. The second-order valence-electron chi connectivity index (χ2n) is 4.39. The molecule has 1 amide bonds. The van der Waals surface area contributed by atoms with Gasteiger partial charge in [-0.25, -0.2) is 0 Å². The van der Waals surface area contributed by atoms with Gasteiger partial charge in [0, 0.05) is 6.54 Å². The number of hydrogen-bond acceptors (Lipinski definition) is 4. The summed E-state index contributed by atoms with van der Waals surface area (Å²) in [6.45, 7) is 1.55. The van der Waals surface area contributed by atoms with Crippen LogP contribution in [0.15, 0.2) is 18.2 Å². The van der Waals surface area contributed by atoms with E-state index in [1.165, 1.54) is 26.0 Å². The third-order valence-corrected chi connectivity index (χ3v) is 3.11. The highest BCUT2D eigenvalue weighted by molar-refractivity contribution is 6.53. The highest BCUT2D eigenvalue weighted by Crippen LogP contribution is 2.28. The smallest absolute Gasteiger partial charge is 0.256 e. The van der Waals surface area contributed by atoms with Crippen molar-refractivity contribution in [1.29, 1.82) is 0 Å². The van der Waals surface area contributed by atoms with Crippen molar-refractivity contribution in [1.82, 2.24) is 4.90 Å². The molecule has 5 nitrogen and oxygen atoms in total. The number of benzene rings is 1. The van der Waals surface area contributed by atoms with Crippen molar-refractivity contribution in [3.05, 3.63) is 23.8 Å². The molecule has 1 rings (SSSR count). The summed E-state index contributed by atoms with van der Waals surface area (Å²) >= 11 is 11.2. The summed E-state index contributed by atoms with van der Waals surface area (Å²) in [4.78, 5) is 23.3. The van der Waals surface area contributed by atoms with Gasteiger partial charge in [0.05, 0.1) is 20.8 Å². The third-order valence-electron chi connectivity index (χ3n) is 2.73. The fourth-order valence-corrected chi connectivity index (χ4v) is 2.09. The predicted molar refractivity (Wildman–Crippen MR) is 81.1 cm³/mol. The van der Waals surface area contributed by atoms with Crippen LogP contribution in [0.25, 0.3) is 0 Å². The highest BCUT2D eigenvalue weighted by atomic mass is 35.5. The second-order valence-corrected chi connectivity index (χ2v) is 5.48. The molecule has 21 heavy (non-hydrogen) atoms. The number of nitrogens with zero attached hydrogens (tertiary/aromatic N) is 1. The summed E-state index contributed by atoms with van der Waals surface area (Å²) in [6, 6.07) is 5.24. The molecule has 0 aliphatic carbocycles. The molecule has 0 aliphatic rings. The van der Waals surface area contributed by atoms with Crippen molar-refractivity contribution in [2.75, 3.05) is 20.8 Å². The quantitative estimate of drug-likeness (QED) is 0.719. The van der Waals surface area contributed by atoms with E-state index in [1.807, 2.05) is 0 Å². The molecule has 0 aliphatic heterocycles. The van der Waals surface area contributed by atoms with Gasteiger partial charge < -0.3 is 14.4 Å². The van der Waals surface area contributed by atoms with E-state index in [4.69, 9.17) is 32.7 Å². The maximum atomic E-state index is 11.9. The van der Waals surface area contributed by atoms with Gasteiger partial charge in [0.15, 0.2) is 16.3 Å².